The number of thioether (sulfide) groups is 1. The van der Waals surface area contributed by atoms with Crippen LogP contribution in [0.15, 0.2) is 40.4 Å². The Morgan fingerprint density at radius 2 is 2.12 bits per heavy atom. The van der Waals surface area contributed by atoms with Gasteiger partial charge in [-0.15, -0.1) is 34.6 Å². The normalized spacial score (nSPS) is 14.5. The van der Waals surface area contributed by atoms with E-state index in [2.05, 4.69) is 37.0 Å². The van der Waals surface area contributed by atoms with Crippen molar-refractivity contribution < 1.29 is 0 Å². The number of nitrogens with two attached hydrogens (primary N) is 1. The van der Waals surface area contributed by atoms with E-state index in [0.717, 1.165) is 39.6 Å². The van der Waals surface area contributed by atoms with Crippen LogP contribution in [0.3, 0.4) is 0 Å². The average Bonchev–Trinajstić information content (AvgIpc) is 3.05. The van der Waals surface area contributed by atoms with Crippen molar-refractivity contribution >= 4 is 30.1 Å². The summed E-state index contributed by atoms with van der Waals surface area (Å²) in [6.45, 7) is 2.02. The van der Waals surface area contributed by atoms with Crippen molar-refractivity contribution in [3.8, 4) is 22.5 Å². The molecule has 1 fully saturated rings. The van der Waals surface area contributed by atoms with Crippen LogP contribution in [-0.2, 0) is 0 Å². The zero-order valence-corrected chi connectivity index (χ0v) is 14.3. The molecule has 0 atom stereocenters. The average molecular weight is 357 g/mol. The van der Waals surface area contributed by atoms with Gasteiger partial charge in [0.25, 0.3) is 0 Å². The fourth-order valence-electron chi connectivity index (χ4n) is 2.53. The Morgan fingerprint density at radius 3 is 2.79 bits per heavy atom. The van der Waals surface area contributed by atoms with Gasteiger partial charge >= 0.3 is 0 Å². The van der Waals surface area contributed by atoms with Crippen LogP contribution in [0, 0.1) is 0 Å². The molecule has 0 spiro atoms. The number of thiol groups is 1. The van der Waals surface area contributed by atoms with Crippen LogP contribution in [0.25, 0.3) is 22.5 Å². The van der Waals surface area contributed by atoms with Gasteiger partial charge in [-0.1, -0.05) is 6.07 Å². The molecule has 4 N–H and O–H groups in total. The van der Waals surface area contributed by atoms with Gasteiger partial charge < -0.3 is 11.1 Å². The summed E-state index contributed by atoms with van der Waals surface area (Å²) in [5, 5.41) is 18.3. The summed E-state index contributed by atoms with van der Waals surface area (Å²) < 4.78 is 0. The summed E-state index contributed by atoms with van der Waals surface area (Å²) in [5.74, 6) is 0.506. The molecule has 1 saturated heterocycles. The highest BCUT2D eigenvalue weighted by atomic mass is 32.2. The van der Waals surface area contributed by atoms with E-state index in [-0.39, 0.29) is 0 Å². The van der Waals surface area contributed by atoms with Crippen molar-refractivity contribution in [2.75, 3.05) is 18.8 Å². The molecule has 0 amide bonds. The minimum absolute atomic E-state index is 0.506. The third-order valence-electron chi connectivity index (χ3n) is 3.82. The number of nitrogen functional groups attached to an aromatic ring is 1. The Morgan fingerprint density at radius 1 is 1.25 bits per heavy atom. The summed E-state index contributed by atoms with van der Waals surface area (Å²) in [5.41, 5.74) is 9.14. The van der Waals surface area contributed by atoms with E-state index in [1.165, 1.54) is 0 Å². The number of hydrogen-bond acceptors (Lipinski definition) is 8. The molecule has 0 aliphatic carbocycles. The van der Waals surface area contributed by atoms with Gasteiger partial charge in [0.2, 0.25) is 5.82 Å². The maximum Gasteiger partial charge on any atom is 0.206 e. The molecule has 0 bridgehead atoms. The van der Waals surface area contributed by atoms with E-state index in [9.17, 15) is 0 Å². The number of nitrogens with one attached hydrogen (secondary N) is 2. The number of pyridine rings is 1. The molecule has 3 heterocycles. The zero-order valence-electron chi connectivity index (χ0n) is 12.6. The Labute approximate surface area is 148 Å². The van der Waals surface area contributed by atoms with E-state index in [1.807, 2.05) is 23.9 Å². The second-order valence-electron chi connectivity index (χ2n) is 5.48. The highest BCUT2D eigenvalue weighted by Crippen LogP contribution is 2.41. The number of rotatable bonds is 4. The van der Waals surface area contributed by atoms with E-state index < -0.39 is 0 Å². The monoisotopic (exact) mass is 357 g/mol. The molecule has 1 aromatic carbocycles. The van der Waals surface area contributed by atoms with E-state index >= 15 is 0 Å². The first-order chi connectivity index (χ1) is 11.7. The van der Waals surface area contributed by atoms with E-state index in [4.69, 9.17) is 18.4 Å². The number of nitrogens with zero attached hydrogens (tertiary/aromatic N) is 4. The van der Waals surface area contributed by atoms with Crippen molar-refractivity contribution in [1.82, 2.24) is 30.9 Å². The van der Waals surface area contributed by atoms with Crippen molar-refractivity contribution in [3.63, 3.8) is 0 Å². The van der Waals surface area contributed by atoms with Gasteiger partial charge in [-0.2, -0.15) is 5.21 Å². The Bertz CT molecular complexity index is 862. The predicted octanol–water partition coefficient (Wildman–Crippen LogP) is 1.86. The molecule has 2 aromatic heterocycles. The van der Waals surface area contributed by atoms with Crippen LogP contribution in [0.4, 0.5) is 5.69 Å². The maximum absolute atomic E-state index is 5.88. The van der Waals surface area contributed by atoms with Gasteiger partial charge in [0.05, 0.1) is 5.69 Å². The highest BCUT2D eigenvalue weighted by Gasteiger charge is 2.23. The van der Waals surface area contributed by atoms with Crippen LogP contribution < -0.4 is 11.1 Å². The van der Waals surface area contributed by atoms with Crippen LogP contribution >= 0.6 is 24.4 Å². The first kappa shape index (κ1) is 15.4. The molecule has 1 aliphatic rings. The molecule has 0 unspecified atom stereocenters. The largest absolute Gasteiger partial charge is 0.397 e. The van der Waals surface area contributed by atoms with Gasteiger partial charge in [-0.05, 0) is 22.9 Å². The molecule has 9 heteroatoms. The predicted molar refractivity (Wildman–Crippen MR) is 97.0 cm³/mol. The highest BCUT2D eigenvalue weighted by molar-refractivity contribution is 8.00. The number of tetrazole rings is 1. The summed E-state index contributed by atoms with van der Waals surface area (Å²) in [6.07, 6.45) is 3.39. The molecular formula is C15H15N7S2. The number of hydrogen-bond donors (Lipinski definition) is 4. The zero-order chi connectivity index (χ0) is 16.5. The smallest absolute Gasteiger partial charge is 0.206 e. The fraction of sp³-hybridized carbons (Fsp3) is 0.200. The van der Waals surface area contributed by atoms with Crippen molar-refractivity contribution in [3.05, 3.63) is 30.6 Å². The summed E-state index contributed by atoms with van der Waals surface area (Å²) in [6, 6.07) is 5.99. The molecule has 0 radical (unpaired) electrons. The maximum atomic E-state index is 5.88. The number of aromatic nitrogens is 5. The minimum Gasteiger partial charge on any atom is -0.397 e. The first-order valence-corrected chi connectivity index (χ1v) is 8.73. The Balaban J connectivity index is 1.85. The SMILES string of the molecule is Nc1cncc(-c2ccc(SC3CNC3)c(S)c2-c2nn[nH]n2)c1. The third-order valence-corrected chi connectivity index (χ3v) is 5.69. The van der Waals surface area contributed by atoms with Crippen LogP contribution in [0.2, 0.25) is 0 Å². The topological polar surface area (TPSA) is 105 Å². The molecule has 7 nitrogen and oxygen atoms in total. The lowest BCUT2D eigenvalue weighted by molar-refractivity contribution is 0.543. The van der Waals surface area contributed by atoms with Gasteiger partial charge in [0.1, 0.15) is 0 Å². The second-order valence-corrected chi connectivity index (χ2v) is 7.26. The number of H-pyrrole nitrogens is 1. The number of aromatic amines is 1. The lowest BCUT2D eigenvalue weighted by atomic mass is 10.0. The third kappa shape index (κ3) is 2.85. The molecule has 122 valence electrons. The first-order valence-electron chi connectivity index (χ1n) is 7.40. The molecule has 24 heavy (non-hydrogen) atoms. The number of anilines is 1. The Kier molecular flexibility index (Phi) is 4.13. The van der Waals surface area contributed by atoms with Crippen LogP contribution in [0.1, 0.15) is 0 Å². The van der Waals surface area contributed by atoms with Gasteiger partial charge in [0.15, 0.2) is 0 Å². The Hall–Kier alpha value is -2.10. The second kappa shape index (κ2) is 6.42. The fourth-order valence-corrected chi connectivity index (χ4v) is 4.11. The van der Waals surface area contributed by atoms with Crippen molar-refractivity contribution in [2.45, 2.75) is 15.0 Å². The standard InChI is InChI=1S/C15H15N7S2/c16-9-3-8(4-17-5-9)11-1-2-12(24-10-6-18-7-10)14(23)13(11)15-19-21-22-20-15/h1-5,10,18,23H,6-7,16H2,(H,19,20,21,22). The summed E-state index contributed by atoms with van der Waals surface area (Å²) in [7, 11) is 0. The number of benzene rings is 1. The molecule has 0 saturated carbocycles. The van der Waals surface area contributed by atoms with E-state index in [0.29, 0.717) is 16.8 Å². The van der Waals surface area contributed by atoms with Gasteiger partial charge in [-0.3, -0.25) is 4.98 Å². The van der Waals surface area contributed by atoms with Gasteiger partial charge in [0, 0.05) is 51.7 Å². The molecule has 4 rings (SSSR count). The van der Waals surface area contributed by atoms with Crippen molar-refractivity contribution in [2.24, 2.45) is 0 Å². The summed E-state index contributed by atoms with van der Waals surface area (Å²) >= 11 is 6.58. The molecule has 1 aliphatic heterocycles. The van der Waals surface area contributed by atoms with Gasteiger partial charge in [-0.25, -0.2) is 0 Å². The lowest BCUT2D eigenvalue weighted by Crippen LogP contribution is -2.44. The molecule has 3 aromatic rings. The summed E-state index contributed by atoms with van der Waals surface area (Å²) in [4.78, 5) is 6.12. The van der Waals surface area contributed by atoms with Crippen LogP contribution in [0.5, 0.6) is 0 Å². The van der Waals surface area contributed by atoms with Crippen molar-refractivity contribution in [1.29, 1.82) is 0 Å². The van der Waals surface area contributed by atoms with E-state index in [1.54, 1.807) is 12.4 Å². The quantitative estimate of drug-likeness (QED) is 0.528. The molecular weight excluding hydrogens is 342 g/mol. The minimum atomic E-state index is 0.506. The lowest BCUT2D eigenvalue weighted by Gasteiger charge is -2.27. The van der Waals surface area contributed by atoms with Crippen LogP contribution in [-0.4, -0.2) is 43.9 Å².